The van der Waals surface area contributed by atoms with Crippen LogP contribution in [-0.4, -0.2) is 17.7 Å². The van der Waals surface area contributed by atoms with E-state index in [0.29, 0.717) is 16.9 Å². The van der Waals surface area contributed by atoms with E-state index in [1.165, 1.54) is 6.08 Å². The molecule has 1 heterocycles. The topological polar surface area (TPSA) is 43.4 Å². The van der Waals surface area contributed by atoms with Gasteiger partial charge in [0.2, 0.25) is 5.78 Å². The molecule has 2 aliphatic rings. The highest BCUT2D eigenvalue weighted by Gasteiger charge is 2.36. The largest absolute Gasteiger partial charge is 0.477 e. The molecule has 0 aromatic heterocycles. The summed E-state index contributed by atoms with van der Waals surface area (Å²) in [7, 11) is 0. The lowest BCUT2D eigenvalue weighted by atomic mass is 9.90. The first-order chi connectivity index (χ1) is 7.77. The number of rotatable bonds is 0. The van der Waals surface area contributed by atoms with Crippen molar-refractivity contribution in [1.82, 2.24) is 0 Å². The molecular formula is C13H8O3. The van der Waals surface area contributed by atoms with E-state index in [-0.39, 0.29) is 11.6 Å². The molecule has 3 heteroatoms. The molecule has 3 rings (SSSR count). The molecule has 0 bridgehead atoms. The molecule has 78 valence electrons. The van der Waals surface area contributed by atoms with Crippen LogP contribution in [0, 0.1) is 0 Å². The molecule has 1 aromatic rings. The normalized spacial score (nSPS) is 22.0. The number of ketones is 2. The summed E-state index contributed by atoms with van der Waals surface area (Å²) < 4.78 is 5.53. The fourth-order valence-electron chi connectivity index (χ4n) is 1.93. The van der Waals surface area contributed by atoms with Gasteiger partial charge < -0.3 is 4.74 Å². The summed E-state index contributed by atoms with van der Waals surface area (Å²) in [5.41, 5.74) is 0.944. The van der Waals surface area contributed by atoms with Gasteiger partial charge in [-0.05, 0) is 18.2 Å². The Hall–Kier alpha value is -2.16. The third kappa shape index (κ3) is 1.15. The quantitative estimate of drug-likeness (QED) is 0.657. The molecule has 0 spiro atoms. The van der Waals surface area contributed by atoms with Crippen LogP contribution in [0.3, 0.4) is 0 Å². The van der Waals surface area contributed by atoms with Gasteiger partial charge in [-0.1, -0.05) is 24.3 Å². The molecule has 0 radical (unpaired) electrons. The van der Waals surface area contributed by atoms with Gasteiger partial charge in [0, 0.05) is 5.57 Å². The molecule has 0 saturated heterocycles. The van der Waals surface area contributed by atoms with Gasteiger partial charge in [-0.2, -0.15) is 0 Å². The zero-order valence-corrected chi connectivity index (χ0v) is 8.34. The number of Topliss-reactive ketones (excluding diaryl/α,β-unsaturated/α-hetero) is 1. The number of carbonyl (C=O) groups is 2. The average molecular weight is 212 g/mol. The van der Waals surface area contributed by atoms with Crippen molar-refractivity contribution in [3.8, 4) is 5.75 Å². The standard InChI is InChI=1S/C13H8O3/c14-10-6-3-5-9-12(15)8-4-1-2-7-11(8)16-13(9)10/h1-7,13H. The maximum absolute atomic E-state index is 12.1. The fourth-order valence-corrected chi connectivity index (χ4v) is 1.93. The number of para-hydroxylation sites is 1. The van der Waals surface area contributed by atoms with Gasteiger partial charge in [-0.25, -0.2) is 0 Å². The Balaban J connectivity index is 2.17. The number of carbonyl (C=O) groups excluding carboxylic acids is 2. The van der Waals surface area contributed by atoms with Gasteiger partial charge in [-0.15, -0.1) is 0 Å². The first-order valence-electron chi connectivity index (χ1n) is 5.00. The second-order valence-electron chi connectivity index (χ2n) is 3.71. The van der Waals surface area contributed by atoms with Crippen molar-refractivity contribution in [1.29, 1.82) is 0 Å². The maximum atomic E-state index is 12.1. The van der Waals surface area contributed by atoms with Crippen molar-refractivity contribution in [3.05, 3.63) is 53.6 Å². The summed E-state index contributed by atoms with van der Waals surface area (Å²) in [6.45, 7) is 0. The lowest BCUT2D eigenvalue weighted by molar-refractivity contribution is -0.119. The second-order valence-corrected chi connectivity index (χ2v) is 3.71. The molecule has 1 atom stereocenters. The molecule has 0 amide bonds. The van der Waals surface area contributed by atoms with E-state index >= 15 is 0 Å². The van der Waals surface area contributed by atoms with Gasteiger partial charge in [0.05, 0.1) is 5.56 Å². The van der Waals surface area contributed by atoms with Crippen LogP contribution < -0.4 is 4.74 Å². The number of hydrogen-bond donors (Lipinski definition) is 0. The average Bonchev–Trinajstić information content (AvgIpc) is 2.31. The number of allylic oxidation sites excluding steroid dienone is 2. The monoisotopic (exact) mass is 212 g/mol. The summed E-state index contributed by atoms with van der Waals surface area (Å²) in [5, 5.41) is 0. The maximum Gasteiger partial charge on any atom is 0.200 e. The minimum absolute atomic E-state index is 0.121. The number of hydrogen-bond acceptors (Lipinski definition) is 3. The van der Waals surface area contributed by atoms with E-state index in [9.17, 15) is 9.59 Å². The summed E-state index contributed by atoms with van der Waals surface area (Å²) in [6, 6.07) is 6.97. The van der Waals surface area contributed by atoms with E-state index in [4.69, 9.17) is 4.74 Å². The van der Waals surface area contributed by atoms with Crippen LogP contribution in [0.5, 0.6) is 5.75 Å². The molecule has 0 N–H and O–H groups in total. The Morgan fingerprint density at radius 2 is 1.94 bits per heavy atom. The van der Waals surface area contributed by atoms with Gasteiger partial charge in [0.25, 0.3) is 0 Å². The minimum atomic E-state index is -0.757. The molecular weight excluding hydrogens is 204 g/mol. The Morgan fingerprint density at radius 3 is 2.81 bits per heavy atom. The van der Waals surface area contributed by atoms with E-state index in [2.05, 4.69) is 0 Å². The fraction of sp³-hybridized carbons (Fsp3) is 0.0769. The summed E-state index contributed by atoms with van der Waals surface area (Å²) >= 11 is 0. The minimum Gasteiger partial charge on any atom is -0.477 e. The third-order valence-electron chi connectivity index (χ3n) is 2.72. The Kier molecular flexibility index (Phi) is 1.80. The molecule has 0 fully saturated rings. The van der Waals surface area contributed by atoms with Crippen molar-refractivity contribution in [3.63, 3.8) is 0 Å². The lowest BCUT2D eigenvalue weighted by Crippen LogP contribution is -2.37. The van der Waals surface area contributed by atoms with Crippen LogP contribution >= 0.6 is 0 Å². The van der Waals surface area contributed by atoms with Gasteiger partial charge >= 0.3 is 0 Å². The van der Waals surface area contributed by atoms with E-state index in [0.717, 1.165) is 0 Å². The predicted octanol–water partition coefficient (Wildman–Crippen LogP) is 1.70. The zero-order chi connectivity index (χ0) is 11.1. The summed E-state index contributed by atoms with van der Waals surface area (Å²) in [5.74, 6) is 0.184. The number of fused-ring (bicyclic) bond motifs is 2. The first kappa shape index (κ1) is 9.09. The summed E-state index contributed by atoms with van der Waals surface area (Å²) in [6.07, 6.45) is 3.90. The molecule has 1 aromatic carbocycles. The van der Waals surface area contributed by atoms with Gasteiger partial charge in [0.1, 0.15) is 5.75 Å². The first-order valence-corrected chi connectivity index (χ1v) is 5.00. The van der Waals surface area contributed by atoms with Crippen LogP contribution in [0.25, 0.3) is 0 Å². The molecule has 1 aliphatic carbocycles. The highest BCUT2D eigenvalue weighted by atomic mass is 16.5. The smallest absolute Gasteiger partial charge is 0.200 e. The number of benzene rings is 1. The highest BCUT2D eigenvalue weighted by Crippen LogP contribution is 2.31. The number of ether oxygens (including phenoxy) is 1. The Bertz CT molecular complexity index is 552. The van der Waals surface area contributed by atoms with Gasteiger partial charge in [0.15, 0.2) is 11.9 Å². The molecule has 1 aliphatic heterocycles. The van der Waals surface area contributed by atoms with Crippen LogP contribution in [0.2, 0.25) is 0 Å². The van der Waals surface area contributed by atoms with Gasteiger partial charge in [-0.3, -0.25) is 9.59 Å². The molecule has 1 unspecified atom stereocenters. The highest BCUT2D eigenvalue weighted by molar-refractivity contribution is 6.18. The van der Waals surface area contributed by atoms with Crippen LogP contribution in [0.1, 0.15) is 10.4 Å². The molecule has 0 saturated carbocycles. The third-order valence-corrected chi connectivity index (χ3v) is 2.72. The van der Waals surface area contributed by atoms with Crippen LogP contribution in [0.4, 0.5) is 0 Å². The van der Waals surface area contributed by atoms with E-state index in [1.807, 2.05) is 0 Å². The summed E-state index contributed by atoms with van der Waals surface area (Å²) in [4.78, 5) is 23.6. The predicted molar refractivity (Wildman–Crippen MR) is 57.4 cm³/mol. The molecule has 3 nitrogen and oxygen atoms in total. The van der Waals surface area contributed by atoms with Crippen LogP contribution in [-0.2, 0) is 4.79 Å². The zero-order valence-electron chi connectivity index (χ0n) is 8.34. The van der Waals surface area contributed by atoms with Crippen molar-refractivity contribution < 1.29 is 14.3 Å². The van der Waals surface area contributed by atoms with Crippen LogP contribution in [0.15, 0.2) is 48.1 Å². The van der Waals surface area contributed by atoms with E-state index in [1.54, 1.807) is 36.4 Å². The lowest BCUT2D eigenvalue weighted by Gasteiger charge is -2.27. The Morgan fingerprint density at radius 1 is 1.12 bits per heavy atom. The van der Waals surface area contributed by atoms with Crippen molar-refractivity contribution >= 4 is 11.6 Å². The Labute approximate surface area is 92.0 Å². The van der Waals surface area contributed by atoms with Crippen molar-refractivity contribution in [2.24, 2.45) is 0 Å². The second kappa shape index (κ2) is 3.17. The van der Waals surface area contributed by atoms with Crippen molar-refractivity contribution in [2.45, 2.75) is 6.10 Å². The molecule has 16 heavy (non-hydrogen) atoms. The van der Waals surface area contributed by atoms with Crippen molar-refractivity contribution in [2.75, 3.05) is 0 Å². The van der Waals surface area contributed by atoms with E-state index < -0.39 is 6.10 Å². The SMILES string of the molecule is O=C1C2=CC=CC(=O)C2Oc2ccccc21.